The van der Waals surface area contributed by atoms with Crippen LogP contribution in [0.2, 0.25) is 5.02 Å². The lowest BCUT2D eigenvalue weighted by molar-refractivity contribution is -0.128. The molecule has 1 heterocycles. The summed E-state index contributed by atoms with van der Waals surface area (Å²) in [6.45, 7) is 6.12. The van der Waals surface area contributed by atoms with Gasteiger partial charge in [-0.3, -0.25) is 9.69 Å². The molecule has 0 radical (unpaired) electrons. The van der Waals surface area contributed by atoms with Gasteiger partial charge in [-0.2, -0.15) is 0 Å². The number of methoxy groups -OCH3 is 1. The highest BCUT2D eigenvalue weighted by molar-refractivity contribution is 6.32. The highest BCUT2D eigenvalue weighted by atomic mass is 35.5. The maximum absolute atomic E-state index is 12.0. The number of carbonyl (C=O) groups excluding carboxylic acids is 2. The van der Waals surface area contributed by atoms with E-state index in [1.165, 1.54) is 12.0 Å². The van der Waals surface area contributed by atoms with Crippen molar-refractivity contribution in [3.8, 4) is 5.75 Å². The van der Waals surface area contributed by atoms with E-state index in [0.29, 0.717) is 23.0 Å². The van der Waals surface area contributed by atoms with Crippen LogP contribution in [0.25, 0.3) is 0 Å². The second-order valence-electron chi connectivity index (χ2n) is 6.40. The molecule has 1 saturated heterocycles. The number of rotatable bonds is 4. The van der Waals surface area contributed by atoms with Crippen molar-refractivity contribution in [2.24, 2.45) is 5.41 Å². The van der Waals surface area contributed by atoms with Gasteiger partial charge in [-0.1, -0.05) is 32.4 Å². The minimum atomic E-state index is -0.480. The Hall–Kier alpha value is -1.95. The van der Waals surface area contributed by atoms with Crippen molar-refractivity contribution in [3.05, 3.63) is 23.2 Å². The summed E-state index contributed by atoms with van der Waals surface area (Å²) in [7, 11) is 1.53. The number of ether oxygens (including phenoxy) is 2. The molecule has 0 aromatic heterocycles. The first kappa shape index (κ1) is 17.4. The van der Waals surface area contributed by atoms with Crippen molar-refractivity contribution in [3.63, 3.8) is 0 Å². The molecule has 126 valence electrons. The molecular formula is C16H21ClN2O4. The lowest BCUT2D eigenvalue weighted by atomic mass is 9.96. The quantitative estimate of drug-likeness (QED) is 0.915. The number of hydrogen-bond donors (Lipinski definition) is 1. The van der Waals surface area contributed by atoms with Crippen LogP contribution < -0.4 is 15.0 Å². The standard InChI is InChI=1S/C16H21ClN2O4/c1-16(2,3)14(20)18-8-11-9-19(15(21)23-11)10-5-6-13(22-4)12(17)7-10/h5-7,11H,8-9H2,1-4H3,(H,18,20). The van der Waals surface area contributed by atoms with Crippen molar-refractivity contribution >= 4 is 29.3 Å². The van der Waals surface area contributed by atoms with Gasteiger partial charge >= 0.3 is 6.09 Å². The molecule has 1 atom stereocenters. The predicted molar refractivity (Wildman–Crippen MR) is 88.1 cm³/mol. The summed E-state index contributed by atoms with van der Waals surface area (Å²) < 4.78 is 10.4. The molecule has 1 N–H and O–H groups in total. The van der Waals surface area contributed by atoms with Gasteiger partial charge in [0.1, 0.15) is 11.9 Å². The smallest absolute Gasteiger partial charge is 0.414 e. The Balaban J connectivity index is 2.00. The molecule has 0 spiro atoms. The van der Waals surface area contributed by atoms with Gasteiger partial charge in [-0.05, 0) is 18.2 Å². The minimum absolute atomic E-state index is 0.0838. The Kier molecular flexibility index (Phi) is 5.04. The number of nitrogens with zero attached hydrogens (tertiary/aromatic N) is 1. The van der Waals surface area contributed by atoms with E-state index >= 15 is 0 Å². The number of cyclic esters (lactones) is 1. The Labute approximate surface area is 140 Å². The number of amides is 2. The zero-order valence-electron chi connectivity index (χ0n) is 13.7. The molecule has 1 aromatic rings. The fourth-order valence-corrected chi connectivity index (χ4v) is 2.39. The molecule has 1 fully saturated rings. The number of carbonyl (C=O) groups is 2. The molecule has 6 nitrogen and oxygen atoms in total. The van der Waals surface area contributed by atoms with E-state index in [4.69, 9.17) is 21.1 Å². The molecule has 1 aromatic carbocycles. The van der Waals surface area contributed by atoms with Gasteiger partial charge in [0, 0.05) is 11.1 Å². The third-order valence-electron chi connectivity index (χ3n) is 3.49. The summed E-state index contributed by atoms with van der Waals surface area (Å²) in [6, 6.07) is 5.08. The van der Waals surface area contributed by atoms with Gasteiger partial charge in [0.25, 0.3) is 0 Å². The maximum atomic E-state index is 12.0. The zero-order chi connectivity index (χ0) is 17.2. The molecular weight excluding hydrogens is 320 g/mol. The molecule has 1 unspecified atom stereocenters. The van der Waals surface area contributed by atoms with Crippen LogP contribution in [0.1, 0.15) is 20.8 Å². The SMILES string of the molecule is COc1ccc(N2CC(CNC(=O)C(C)(C)C)OC2=O)cc1Cl. The van der Waals surface area contributed by atoms with Gasteiger partial charge in [-0.25, -0.2) is 4.79 Å². The summed E-state index contributed by atoms with van der Waals surface area (Å²) in [5.74, 6) is 0.455. The minimum Gasteiger partial charge on any atom is -0.495 e. The van der Waals surface area contributed by atoms with Crippen LogP contribution in [0.5, 0.6) is 5.75 Å². The zero-order valence-corrected chi connectivity index (χ0v) is 14.4. The van der Waals surface area contributed by atoms with Crippen molar-refractivity contribution < 1.29 is 19.1 Å². The van der Waals surface area contributed by atoms with Crippen LogP contribution in [0.4, 0.5) is 10.5 Å². The Morgan fingerprint density at radius 2 is 2.17 bits per heavy atom. The molecule has 2 rings (SSSR count). The summed E-state index contributed by atoms with van der Waals surface area (Å²) >= 11 is 6.08. The highest BCUT2D eigenvalue weighted by Crippen LogP contribution is 2.31. The molecule has 23 heavy (non-hydrogen) atoms. The predicted octanol–water partition coefficient (Wildman–Crippen LogP) is 2.84. The molecule has 0 saturated carbocycles. The van der Waals surface area contributed by atoms with E-state index in [-0.39, 0.29) is 12.5 Å². The van der Waals surface area contributed by atoms with E-state index in [0.717, 1.165) is 0 Å². The second kappa shape index (κ2) is 6.66. The van der Waals surface area contributed by atoms with E-state index in [2.05, 4.69) is 5.32 Å². The van der Waals surface area contributed by atoms with Gasteiger partial charge in [0.15, 0.2) is 0 Å². The van der Waals surface area contributed by atoms with Gasteiger partial charge < -0.3 is 14.8 Å². The molecule has 1 aliphatic heterocycles. The summed E-state index contributed by atoms with van der Waals surface area (Å²) in [5.41, 5.74) is 0.150. The van der Waals surface area contributed by atoms with E-state index in [9.17, 15) is 9.59 Å². The third kappa shape index (κ3) is 4.07. The lowest BCUT2D eigenvalue weighted by Crippen LogP contribution is -2.40. The summed E-state index contributed by atoms with van der Waals surface area (Å²) in [6.07, 6.45) is -0.851. The number of halogens is 1. The Bertz CT molecular complexity index is 613. The van der Waals surface area contributed by atoms with Crippen LogP contribution >= 0.6 is 11.6 Å². The Morgan fingerprint density at radius 1 is 1.48 bits per heavy atom. The van der Waals surface area contributed by atoms with Crippen LogP contribution in [-0.2, 0) is 9.53 Å². The topological polar surface area (TPSA) is 67.9 Å². The van der Waals surface area contributed by atoms with Gasteiger partial charge in [-0.15, -0.1) is 0 Å². The Morgan fingerprint density at radius 3 is 2.74 bits per heavy atom. The maximum Gasteiger partial charge on any atom is 0.414 e. The first-order valence-corrected chi connectivity index (χ1v) is 7.70. The fraction of sp³-hybridized carbons (Fsp3) is 0.500. The molecule has 0 aliphatic carbocycles. The lowest BCUT2D eigenvalue weighted by Gasteiger charge is -2.19. The largest absolute Gasteiger partial charge is 0.495 e. The first-order valence-electron chi connectivity index (χ1n) is 7.32. The van der Waals surface area contributed by atoms with Crippen LogP contribution in [0.3, 0.4) is 0 Å². The van der Waals surface area contributed by atoms with Crippen molar-refractivity contribution in [2.45, 2.75) is 26.9 Å². The van der Waals surface area contributed by atoms with Crippen molar-refractivity contribution in [2.75, 3.05) is 25.1 Å². The van der Waals surface area contributed by atoms with E-state index in [1.807, 2.05) is 20.8 Å². The molecule has 0 bridgehead atoms. The number of benzene rings is 1. The fourth-order valence-electron chi connectivity index (χ4n) is 2.13. The number of anilines is 1. The summed E-state index contributed by atoms with van der Waals surface area (Å²) in [4.78, 5) is 25.4. The molecule has 2 amide bonds. The normalized spacial score (nSPS) is 17.9. The monoisotopic (exact) mass is 340 g/mol. The molecule has 1 aliphatic rings. The average molecular weight is 341 g/mol. The van der Waals surface area contributed by atoms with Gasteiger partial charge in [0.05, 0.1) is 25.2 Å². The van der Waals surface area contributed by atoms with E-state index in [1.54, 1.807) is 18.2 Å². The average Bonchev–Trinajstić information content (AvgIpc) is 2.84. The third-order valence-corrected chi connectivity index (χ3v) is 3.79. The van der Waals surface area contributed by atoms with Crippen LogP contribution in [-0.4, -0.2) is 38.3 Å². The van der Waals surface area contributed by atoms with Crippen molar-refractivity contribution in [1.82, 2.24) is 5.32 Å². The summed E-state index contributed by atoms with van der Waals surface area (Å²) in [5, 5.41) is 3.22. The van der Waals surface area contributed by atoms with E-state index < -0.39 is 17.6 Å². The van der Waals surface area contributed by atoms with Crippen LogP contribution in [0, 0.1) is 5.41 Å². The highest BCUT2D eigenvalue weighted by Gasteiger charge is 2.33. The van der Waals surface area contributed by atoms with Crippen molar-refractivity contribution in [1.29, 1.82) is 0 Å². The van der Waals surface area contributed by atoms with Gasteiger partial charge in [0.2, 0.25) is 5.91 Å². The number of nitrogens with one attached hydrogen (secondary N) is 1. The molecule has 7 heteroatoms. The first-order chi connectivity index (χ1) is 10.7. The number of hydrogen-bond acceptors (Lipinski definition) is 4. The second-order valence-corrected chi connectivity index (χ2v) is 6.80. The van der Waals surface area contributed by atoms with Crippen LogP contribution in [0.15, 0.2) is 18.2 Å².